The van der Waals surface area contributed by atoms with Crippen LogP contribution in [0.15, 0.2) is 24.3 Å². The number of hydrogen-bond donors (Lipinski definition) is 1. The van der Waals surface area contributed by atoms with Crippen molar-refractivity contribution in [3.8, 4) is 0 Å². The van der Waals surface area contributed by atoms with Crippen LogP contribution in [0.1, 0.15) is 18.9 Å². The maximum Gasteiger partial charge on any atom is 0.430 e. The minimum Gasteiger partial charge on any atom is -0.542 e. The molecule has 1 saturated heterocycles. The van der Waals surface area contributed by atoms with Gasteiger partial charge in [0.1, 0.15) is 11.5 Å². The number of fused-ring (bicyclic) bond motifs is 1. The largest absolute Gasteiger partial charge is 0.542 e. The second-order valence-electron chi connectivity index (χ2n) is 4.91. The normalized spacial score (nSPS) is 16.1. The van der Waals surface area contributed by atoms with Gasteiger partial charge in [0.2, 0.25) is 0 Å². The number of para-hydroxylation sites is 1. The lowest BCUT2D eigenvalue weighted by atomic mass is 10.1. The number of aromatic nitrogens is 3. The molecule has 0 radical (unpaired) electrons. The van der Waals surface area contributed by atoms with E-state index in [1.54, 1.807) is 0 Å². The van der Waals surface area contributed by atoms with E-state index in [1.807, 2.05) is 12.1 Å². The molecule has 1 aliphatic heterocycles. The Morgan fingerprint density at radius 1 is 1.27 bits per heavy atom. The number of piperidine rings is 1. The third-order valence-electron chi connectivity index (χ3n) is 3.36. The number of quaternary nitrogens is 1. The predicted molar refractivity (Wildman–Crippen MR) is 68.5 cm³/mol. The van der Waals surface area contributed by atoms with Crippen LogP contribution in [0, 0.1) is 0 Å². The Morgan fingerprint density at radius 3 is 2.45 bits per heavy atom. The van der Waals surface area contributed by atoms with Crippen LogP contribution in [0.4, 0.5) is 13.2 Å². The number of alkyl halides is 3. The first kappa shape index (κ1) is 16.2. The summed E-state index contributed by atoms with van der Waals surface area (Å²) in [5, 5.41) is 19.6. The van der Waals surface area contributed by atoms with Crippen molar-refractivity contribution in [3.05, 3.63) is 24.3 Å². The van der Waals surface area contributed by atoms with Crippen LogP contribution in [0.5, 0.6) is 0 Å². The van der Waals surface area contributed by atoms with E-state index >= 15 is 0 Å². The van der Waals surface area contributed by atoms with Gasteiger partial charge in [-0.3, -0.25) is 0 Å². The summed E-state index contributed by atoms with van der Waals surface area (Å²) in [5.74, 6) is -3.01. The average molecular weight is 316 g/mol. The van der Waals surface area contributed by atoms with Crippen LogP contribution in [0.3, 0.4) is 0 Å². The smallest absolute Gasteiger partial charge is 0.430 e. The van der Waals surface area contributed by atoms with Crippen molar-refractivity contribution in [1.29, 1.82) is 0 Å². The van der Waals surface area contributed by atoms with Gasteiger partial charge in [0, 0.05) is 12.8 Å². The van der Waals surface area contributed by atoms with Gasteiger partial charge in [-0.25, -0.2) is 4.68 Å². The SMILES string of the molecule is O=C([O-])C(F)(F)F.c1ccc2c(c1)nnn2C1CC[NH2+]CC1. The van der Waals surface area contributed by atoms with Crippen LogP contribution in [-0.2, 0) is 4.79 Å². The van der Waals surface area contributed by atoms with E-state index in [1.165, 1.54) is 31.4 Å². The number of halogens is 3. The molecule has 0 spiro atoms. The molecule has 3 rings (SSSR count). The Hall–Kier alpha value is -2.16. The number of benzene rings is 1. The van der Waals surface area contributed by atoms with Crippen molar-refractivity contribution < 1.29 is 28.4 Å². The molecule has 22 heavy (non-hydrogen) atoms. The molecule has 0 atom stereocenters. The molecule has 1 aliphatic rings. The van der Waals surface area contributed by atoms with Gasteiger partial charge < -0.3 is 15.2 Å². The third-order valence-corrected chi connectivity index (χ3v) is 3.36. The zero-order chi connectivity index (χ0) is 16.2. The summed E-state index contributed by atoms with van der Waals surface area (Å²) < 4.78 is 33.6. The number of carboxylic acid groups (broad SMARTS) is 1. The number of aliphatic carboxylic acids is 1. The van der Waals surface area contributed by atoms with Gasteiger partial charge in [-0.05, 0) is 12.1 Å². The highest BCUT2D eigenvalue weighted by Gasteiger charge is 2.28. The topological polar surface area (TPSA) is 87.5 Å². The summed E-state index contributed by atoms with van der Waals surface area (Å²) in [4.78, 5) is 8.78. The quantitative estimate of drug-likeness (QED) is 0.777. The summed E-state index contributed by atoms with van der Waals surface area (Å²) in [6.45, 7) is 2.41. The van der Waals surface area contributed by atoms with Gasteiger partial charge >= 0.3 is 6.18 Å². The van der Waals surface area contributed by atoms with E-state index in [9.17, 15) is 13.2 Å². The number of carbonyl (C=O) groups is 1. The van der Waals surface area contributed by atoms with Gasteiger partial charge in [0.25, 0.3) is 0 Å². The number of hydrogen-bond acceptors (Lipinski definition) is 4. The minimum atomic E-state index is -5.19. The molecular weight excluding hydrogens is 301 g/mol. The lowest BCUT2D eigenvalue weighted by Crippen LogP contribution is -2.86. The number of nitrogens with zero attached hydrogens (tertiary/aromatic N) is 3. The van der Waals surface area contributed by atoms with E-state index in [0.29, 0.717) is 6.04 Å². The summed E-state index contributed by atoms with van der Waals surface area (Å²) in [6.07, 6.45) is -2.79. The first-order valence-electron chi connectivity index (χ1n) is 6.79. The molecule has 1 aromatic heterocycles. The highest BCUT2D eigenvalue weighted by atomic mass is 19.4. The summed E-state index contributed by atoms with van der Waals surface area (Å²) in [7, 11) is 0. The lowest BCUT2D eigenvalue weighted by molar-refractivity contribution is -0.664. The zero-order valence-corrected chi connectivity index (χ0v) is 11.6. The fraction of sp³-hybridized carbons (Fsp3) is 0.462. The van der Waals surface area contributed by atoms with E-state index in [-0.39, 0.29) is 0 Å². The first-order chi connectivity index (χ1) is 10.4. The Morgan fingerprint density at radius 2 is 1.86 bits per heavy atom. The van der Waals surface area contributed by atoms with E-state index in [4.69, 9.17) is 9.90 Å². The zero-order valence-electron chi connectivity index (χ0n) is 11.6. The van der Waals surface area contributed by atoms with E-state index < -0.39 is 12.1 Å². The van der Waals surface area contributed by atoms with E-state index in [2.05, 4.69) is 32.4 Å². The van der Waals surface area contributed by atoms with Crippen molar-refractivity contribution in [1.82, 2.24) is 15.0 Å². The van der Waals surface area contributed by atoms with Gasteiger partial charge in [-0.2, -0.15) is 13.2 Å². The lowest BCUT2D eigenvalue weighted by Gasteiger charge is -2.20. The Balaban J connectivity index is 0.000000217. The Bertz CT molecular complexity index is 635. The molecule has 2 heterocycles. The molecular formula is C13H15F3N4O2. The van der Waals surface area contributed by atoms with Crippen LogP contribution < -0.4 is 10.4 Å². The number of carboxylic acids is 1. The van der Waals surface area contributed by atoms with Crippen LogP contribution in [0.2, 0.25) is 0 Å². The molecule has 1 aromatic carbocycles. The molecule has 0 aliphatic carbocycles. The summed E-state index contributed by atoms with van der Waals surface area (Å²) in [5.41, 5.74) is 2.18. The maximum atomic E-state index is 10.5. The molecule has 9 heteroatoms. The van der Waals surface area contributed by atoms with Crippen molar-refractivity contribution >= 4 is 17.0 Å². The highest BCUT2D eigenvalue weighted by molar-refractivity contribution is 5.74. The third kappa shape index (κ3) is 3.94. The molecule has 1 fully saturated rings. The number of carbonyl (C=O) groups excluding carboxylic acids is 1. The molecule has 0 bridgehead atoms. The molecule has 0 amide bonds. The van der Waals surface area contributed by atoms with Crippen LogP contribution in [0.25, 0.3) is 11.0 Å². The van der Waals surface area contributed by atoms with Crippen LogP contribution in [-0.4, -0.2) is 40.2 Å². The number of rotatable bonds is 1. The second-order valence-corrected chi connectivity index (χ2v) is 4.91. The average Bonchev–Trinajstić information content (AvgIpc) is 2.92. The fourth-order valence-electron chi connectivity index (χ4n) is 2.31. The minimum absolute atomic E-state index is 0.544. The first-order valence-corrected chi connectivity index (χ1v) is 6.79. The van der Waals surface area contributed by atoms with Crippen molar-refractivity contribution in [2.75, 3.05) is 13.1 Å². The molecule has 0 unspecified atom stereocenters. The second kappa shape index (κ2) is 6.73. The van der Waals surface area contributed by atoms with Gasteiger partial charge in [-0.1, -0.05) is 17.3 Å². The monoisotopic (exact) mass is 316 g/mol. The van der Waals surface area contributed by atoms with E-state index in [0.717, 1.165) is 5.52 Å². The molecule has 2 aromatic rings. The van der Waals surface area contributed by atoms with Crippen molar-refractivity contribution in [2.24, 2.45) is 0 Å². The van der Waals surface area contributed by atoms with Gasteiger partial charge in [0.05, 0.1) is 24.6 Å². The standard InChI is InChI=1S/C11H14N4.C2HF3O2/c1-2-4-11-10(3-1)13-14-15(11)9-5-7-12-8-6-9;3-2(4,5)1(6)7/h1-4,9,12H,5-8H2;(H,6,7). The molecule has 0 saturated carbocycles. The molecule has 120 valence electrons. The predicted octanol–water partition coefficient (Wildman–Crippen LogP) is -0.372. The van der Waals surface area contributed by atoms with Crippen molar-refractivity contribution in [3.63, 3.8) is 0 Å². The fourth-order valence-corrected chi connectivity index (χ4v) is 2.31. The highest BCUT2D eigenvalue weighted by Crippen LogP contribution is 2.20. The van der Waals surface area contributed by atoms with Gasteiger partial charge in [0.15, 0.2) is 0 Å². The number of nitrogens with two attached hydrogens (primary N) is 1. The van der Waals surface area contributed by atoms with Crippen LogP contribution >= 0.6 is 0 Å². The Labute approximate surface area is 123 Å². The molecule has 2 N–H and O–H groups in total. The molecule has 6 nitrogen and oxygen atoms in total. The van der Waals surface area contributed by atoms with Gasteiger partial charge in [-0.15, -0.1) is 5.10 Å². The summed E-state index contributed by atoms with van der Waals surface area (Å²) in [6, 6.07) is 8.73. The Kier molecular flexibility index (Phi) is 4.96. The van der Waals surface area contributed by atoms with Crippen molar-refractivity contribution in [2.45, 2.75) is 25.1 Å². The maximum absolute atomic E-state index is 10.5. The summed E-state index contributed by atoms with van der Waals surface area (Å²) >= 11 is 0.